The van der Waals surface area contributed by atoms with Gasteiger partial charge in [-0.25, -0.2) is 0 Å². The van der Waals surface area contributed by atoms with Gasteiger partial charge in [0.2, 0.25) is 5.91 Å². The van der Waals surface area contributed by atoms with Gasteiger partial charge in [-0.1, -0.05) is 66.7 Å². The van der Waals surface area contributed by atoms with Crippen molar-refractivity contribution in [1.29, 1.82) is 0 Å². The van der Waals surface area contributed by atoms with Crippen LogP contribution in [0.5, 0.6) is 5.75 Å². The van der Waals surface area contributed by atoms with E-state index in [1.807, 2.05) is 66.7 Å². The molecule has 150 valence electrons. The van der Waals surface area contributed by atoms with Gasteiger partial charge in [-0.15, -0.1) is 0 Å². The molecule has 4 atom stereocenters. The van der Waals surface area contributed by atoms with Gasteiger partial charge in [-0.2, -0.15) is 0 Å². The Kier molecular flexibility index (Phi) is 4.22. The van der Waals surface area contributed by atoms with Crippen molar-refractivity contribution in [3.63, 3.8) is 0 Å². The first-order chi connectivity index (χ1) is 14.5. The number of benzene rings is 3. The van der Waals surface area contributed by atoms with Gasteiger partial charge in [0.15, 0.2) is 0 Å². The fourth-order valence-electron chi connectivity index (χ4n) is 5.26. The number of anilines is 1. The van der Waals surface area contributed by atoms with E-state index in [4.69, 9.17) is 0 Å². The van der Waals surface area contributed by atoms with Gasteiger partial charge in [-0.3, -0.25) is 14.9 Å². The number of carbonyl (C=O) groups is 2. The average molecular weight is 398 g/mol. The van der Waals surface area contributed by atoms with Gasteiger partial charge in [0.25, 0.3) is 0 Å². The number of rotatable bonds is 3. The van der Waals surface area contributed by atoms with Gasteiger partial charge in [0.05, 0.1) is 5.92 Å². The molecular weight excluding hydrogens is 376 g/mol. The van der Waals surface area contributed by atoms with E-state index in [2.05, 4.69) is 10.6 Å². The highest BCUT2D eigenvalue weighted by Crippen LogP contribution is 2.57. The number of phenolic OH excluding ortho intramolecular Hbond substituents is 1. The third-order valence-electron chi connectivity index (χ3n) is 6.42. The Morgan fingerprint density at radius 2 is 1.60 bits per heavy atom. The summed E-state index contributed by atoms with van der Waals surface area (Å²) in [6, 6.07) is 24.0. The number of aromatic hydroxyl groups is 1. The zero-order valence-corrected chi connectivity index (χ0v) is 16.5. The molecule has 2 aliphatic rings. The molecule has 1 amide bonds. The first-order valence-corrected chi connectivity index (χ1v) is 10.1. The highest BCUT2D eigenvalue weighted by atomic mass is 16.3. The number of nitrogens with one attached hydrogen (secondary N) is 2. The molecule has 1 saturated heterocycles. The number of Topliss-reactive ketones (excluding diaryl/α,β-unsaturated/α-hetero) is 1. The van der Waals surface area contributed by atoms with Crippen LogP contribution in [-0.4, -0.2) is 16.8 Å². The second kappa shape index (κ2) is 6.82. The molecule has 3 aromatic rings. The summed E-state index contributed by atoms with van der Waals surface area (Å²) in [7, 11) is 0. The molecule has 3 aromatic carbocycles. The summed E-state index contributed by atoms with van der Waals surface area (Å²) < 4.78 is 0. The minimum atomic E-state index is -1.20. The van der Waals surface area contributed by atoms with Crippen LogP contribution in [0.2, 0.25) is 0 Å². The van der Waals surface area contributed by atoms with E-state index in [1.165, 1.54) is 6.92 Å². The van der Waals surface area contributed by atoms with Crippen molar-refractivity contribution in [3.05, 3.63) is 95.6 Å². The van der Waals surface area contributed by atoms with E-state index in [1.54, 1.807) is 12.1 Å². The van der Waals surface area contributed by atoms with Crippen LogP contribution in [0.3, 0.4) is 0 Å². The average Bonchev–Trinajstić information content (AvgIpc) is 3.25. The normalized spacial score (nSPS) is 27.1. The quantitative estimate of drug-likeness (QED) is 0.626. The number of para-hydroxylation sites is 2. The molecule has 0 aromatic heterocycles. The predicted octanol–water partition coefficient (Wildman–Crippen LogP) is 3.87. The van der Waals surface area contributed by atoms with Crippen LogP contribution < -0.4 is 10.6 Å². The molecular formula is C25H22N2O3. The third-order valence-corrected chi connectivity index (χ3v) is 6.42. The Bertz CT molecular complexity index is 1140. The Hall–Kier alpha value is -3.44. The van der Waals surface area contributed by atoms with Crippen LogP contribution in [0.1, 0.15) is 35.6 Å². The molecule has 0 aliphatic carbocycles. The van der Waals surface area contributed by atoms with Gasteiger partial charge < -0.3 is 10.4 Å². The minimum Gasteiger partial charge on any atom is -0.508 e. The van der Waals surface area contributed by atoms with Crippen molar-refractivity contribution >= 4 is 17.4 Å². The van der Waals surface area contributed by atoms with Crippen molar-refractivity contribution in [1.82, 2.24) is 5.32 Å². The van der Waals surface area contributed by atoms with E-state index in [0.717, 1.165) is 11.1 Å². The van der Waals surface area contributed by atoms with Crippen LogP contribution in [0.15, 0.2) is 78.9 Å². The fourth-order valence-corrected chi connectivity index (χ4v) is 5.26. The van der Waals surface area contributed by atoms with Gasteiger partial charge in [0, 0.05) is 23.2 Å². The lowest BCUT2D eigenvalue weighted by molar-refractivity contribution is -0.131. The van der Waals surface area contributed by atoms with Crippen molar-refractivity contribution in [2.75, 3.05) is 5.32 Å². The molecule has 5 rings (SSSR count). The number of hydrogen-bond donors (Lipinski definition) is 3. The summed E-state index contributed by atoms with van der Waals surface area (Å²) in [5, 5.41) is 17.2. The number of amides is 1. The molecule has 3 N–H and O–H groups in total. The highest BCUT2D eigenvalue weighted by Gasteiger charge is 2.64. The summed E-state index contributed by atoms with van der Waals surface area (Å²) in [4.78, 5) is 26.6. The van der Waals surface area contributed by atoms with Crippen LogP contribution in [0.25, 0.3) is 0 Å². The van der Waals surface area contributed by atoms with Crippen LogP contribution >= 0.6 is 0 Å². The molecule has 0 radical (unpaired) electrons. The molecule has 0 unspecified atom stereocenters. The van der Waals surface area contributed by atoms with Crippen molar-refractivity contribution in [2.45, 2.75) is 24.4 Å². The summed E-state index contributed by atoms with van der Waals surface area (Å²) >= 11 is 0. The summed E-state index contributed by atoms with van der Waals surface area (Å²) in [5.41, 5.74) is 1.91. The molecule has 30 heavy (non-hydrogen) atoms. The maximum Gasteiger partial charge on any atom is 0.250 e. The highest BCUT2D eigenvalue weighted by molar-refractivity contribution is 6.09. The van der Waals surface area contributed by atoms with Crippen molar-refractivity contribution < 1.29 is 14.7 Å². The van der Waals surface area contributed by atoms with Crippen molar-refractivity contribution in [2.24, 2.45) is 5.92 Å². The number of carbonyl (C=O) groups excluding carboxylic acids is 2. The van der Waals surface area contributed by atoms with E-state index < -0.39 is 17.4 Å². The van der Waals surface area contributed by atoms with E-state index in [-0.39, 0.29) is 23.5 Å². The lowest BCUT2D eigenvalue weighted by atomic mass is 9.70. The van der Waals surface area contributed by atoms with E-state index in [9.17, 15) is 14.7 Å². The standard InChI is InChI=1S/C25H22N2O3/c1-15(28)22-21(17-11-5-8-14-20(17)29)23(16-9-3-2-4-10-16)27-25(22)18-12-6-7-13-19(18)26-24(25)30/h2-14,21-23,27,29H,1H3,(H,26,30)/t21-,22-,23+,25-/m1/s1. The molecule has 2 heterocycles. The maximum absolute atomic E-state index is 13.4. The zero-order valence-electron chi connectivity index (χ0n) is 16.5. The number of ketones is 1. The third kappa shape index (κ3) is 2.52. The molecule has 5 nitrogen and oxygen atoms in total. The Morgan fingerprint density at radius 1 is 0.933 bits per heavy atom. The zero-order chi connectivity index (χ0) is 20.9. The fraction of sp³-hybridized carbons (Fsp3) is 0.200. The van der Waals surface area contributed by atoms with Gasteiger partial charge >= 0.3 is 0 Å². The number of hydrogen-bond acceptors (Lipinski definition) is 4. The molecule has 0 bridgehead atoms. The summed E-state index contributed by atoms with van der Waals surface area (Å²) in [5.74, 6) is -1.30. The lowest BCUT2D eigenvalue weighted by Gasteiger charge is -2.30. The SMILES string of the molecule is CC(=O)[C@@H]1[C@@H](c2ccccc2O)[C@H](c2ccccc2)N[C@@]12C(=O)Nc1ccccc12. The largest absolute Gasteiger partial charge is 0.508 e. The Labute approximate surface area is 174 Å². The van der Waals surface area contributed by atoms with Crippen LogP contribution in [-0.2, 0) is 15.1 Å². The summed E-state index contributed by atoms with van der Waals surface area (Å²) in [6.45, 7) is 1.53. The van der Waals surface area contributed by atoms with E-state index >= 15 is 0 Å². The topological polar surface area (TPSA) is 78.4 Å². The second-order valence-electron chi connectivity index (χ2n) is 8.01. The smallest absolute Gasteiger partial charge is 0.250 e. The van der Waals surface area contributed by atoms with Gasteiger partial charge in [0.1, 0.15) is 17.1 Å². The van der Waals surface area contributed by atoms with Crippen LogP contribution in [0, 0.1) is 5.92 Å². The van der Waals surface area contributed by atoms with E-state index in [0.29, 0.717) is 11.3 Å². The Balaban J connectivity index is 1.78. The number of phenols is 1. The van der Waals surface area contributed by atoms with Crippen LogP contribution in [0.4, 0.5) is 5.69 Å². The van der Waals surface area contributed by atoms with Gasteiger partial charge in [-0.05, 0) is 30.2 Å². The Morgan fingerprint density at radius 3 is 2.33 bits per heavy atom. The first-order valence-electron chi connectivity index (χ1n) is 10.1. The summed E-state index contributed by atoms with van der Waals surface area (Å²) in [6.07, 6.45) is 0. The first kappa shape index (κ1) is 18.6. The minimum absolute atomic E-state index is 0.0963. The molecule has 2 aliphatic heterocycles. The number of fused-ring (bicyclic) bond motifs is 2. The lowest BCUT2D eigenvalue weighted by Crippen LogP contribution is -2.50. The molecule has 5 heteroatoms. The second-order valence-corrected chi connectivity index (χ2v) is 8.01. The molecule has 0 saturated carbocycles. The predicted molar refractivity (Wildman–Crippen MR) is 114 cm³/mol. The molecule has 1 spiro atoms. The van der Waals surface area contributed by atoms with Crippen molar-refractivity contribution in [3.8, 4) is 5.75 Å². The molecule has 1 fully saturated rings. The monoisotopic (exact) mass is 398 g/mol. The maximum atomic E-state index is 13.4.